The Hall–Kier alpha value is 0.750. The summed E-state index contributed by atoms with van der Waals surface area (Å²) in [5.41, 5.74) is 0. The van der Waals surface area contributed by atoms with Gasteiger partial charge in [0.2, 0.25) is 3.79 Å². The minimum atomic E-state index is -1.62. The van der Waals surface area contributed by atoms with Gasteiger partial charge in [0.05, 0.1) is 6.61 Å². The van der Waals surface area contributed by atoms with Gasteiger partial charge in [-0.3, -0.25) is 0 Å². The fraction of sp³-hybridized carbons (Fsp3) is 1.00. The first kappa shape index (κ1) is 12.8. The van der Waals surface area contributed by atoms with Crippen molar-refractivity contribution in [2.24, 2.45) is 0 Å². The van der Waals surface area contributed by atoms with E-state index in [4.69, 9.17) is 39.5 Å². The lowest BCUT2D eigenvalue weighted by Crippen LogP contribution is -2.37. The van der Waals surface area contributed by atoms with Gasteiger partial charge in [-0.2, -0.15) is 0 Å². The molecule has 1 unspecified atom stereocenters. The number of alkyl halides is 3. The molecule has 2 N–H and O–H groups in total. The fourth-order valence-corrected chi connectivity index (χ4v) is 0.760. The second kappa shape index (κ2) is 6.24. The number of hydrogen-bond donors (Lipinski definition) is 2. The van der Waals surface area contributed by atoms with E-state index in [9.17, 15) is 5.11 Å². The van der Waals surface area contributed by atoms with E-state index in [2.05, 4.69) is 5.32 Å². The molecule has 0 aromatic carbocycles. The van der Waals surface area contributed by atoms with Crippen molar-refractivity contribution in [1.82, 2.24) is 5.32 Å². The number of halogens is 3. The average molecular weight is 237 g/mol. The summed E-state index contributed by atoms with van der Waals surface area (Å²) in [5.74, 6) is 0. The van der Waals surface area contributed by atoms with Gasteiger partial charge >= 0.3 is 0 Å². The number of methoxy groups -OCH3 is 1. The van der Waals surface area contributed by atoms with E-state index < -0.39 is 9.90 Å². The van der Waals surface area contributed by atoms with E-state index >= 15 is 0 Å². The lowest BCUT2D eigenvalue weighted by Gasteiger charge is -2.18. The SMILES string of the molecule is COCCNCC(O)C(Cl)(Cl)Cl. The smallest absolute Gasteiger partial charge is 0.217 e. The molecule has 0 spiro atoms. The molecule has 0 aliphatic rings. The van der Waals surface area contributed by atoms with Gasteiger partial charge in [-0.1, -0.05) is 34.8 Å². The van der Waals surface area contributed by atoms with Gasteiger partial charge in [0.1, 0.15) is 6.10 Å². The molecule has 0 amide bonds. The van der Waals surface area contributed by atoms with Crippen LogP contribution in [-0.4, -0.2) is 41.8 Å². The van der Waals surface area contributed by atoms with Crippen LogP contribution in [0.25, 0.3) is 0 Å². The highest BCUT2D eigenvalue weighted by atomic mass is 35.6. The van der Waals surface area contributed by atoms with E-state index in [1.54, 1.807) is 7.11 Å². The summed E-state index contributed by atoms with van der Waals surface area (Å²) in [4.78, 5) is 0. The summed E-state index contributed by atoms with van der Waals surface area (Å²) in [6.45, 7) is 1.42. The van der Waals surface area contributed by atoms with Crippen molar-refractivity contribution in [1.29, 1.82) is 0 Å². The Kier molecular flexibility index (Phi) is 6.63. The Morgan fingerprint density at radius 3 is 2.50 bits per heavy atom. The molecule has 1 atom stereocenters. The molecule has 0 aliphatic carbocycles. The van der Waals surface area contributed by atoms with Crippen LogP contribution in [0.1, 0.15) is 0 Å². The third kappa shape index (κ3) is 6.29. The molecule has 3 nitrogen and oxygen atoms in total. The highest BCUT2D eigenvalue weighted by Crippen LogP contribution is 2.29. The molecule has 0 saturated carbocycles. The maximum atomic E-state index is 9.19. The molecule has 0 rings (SSSR count). The largest absolute Gasteiger partial charge is 0.387 e. The number of ether oxygens (including phenoxy) is 1. The summed E-state index contributed by atoms with van der Waals surface area (Å²) in [6, 6.07) is 0. The molecule has 0 radical (unpaired) electrons. The van der Waals surface area contributed by atoms with E-state index in [0.717, 1.165) is 0 Å². The van der Waals surface area contributed by atoms with Gasteiger partial charge in [0.15, 0.2) is 0 Å². The predicted molar refractivity (Wildman–Crippen MR) is 51.0 cm³/mol. The first-order chi connectivity index (χ1) is 5.48. The van der Waals surface area contributed by atoms with Crippen LogP contribution in [0.5, 0.6) is 0 Å². The molecule has 0 saturated heterocycles. The molecule has 0 aromatic rings. The Morgan fingerprint density at radius 2 is 2.08 bits per heavy atom. The topological polar surface area (TPSA) is 41.5 Å². The van der Waals surface area contributed by atoms with Gasteiger partial charge < -0.3 is 15.2 Å². The second-order valence-corrected chi connectivity index (χ2v) is 4.62. The molecule has 12 heavy (non-hydrogen) atoms. The number of aliphatic hydroxyl groups is 1. The molecular formula is C6H12Cl3NO2. The molecule has 74 valence electrons. The minimum Gasteiger partial charge on any atom is -0.387 e. The van der Waals surface area contributed by atoms with Crippen LogP contribution in [0.2, 0.25) is 0 Å². The Balaban J connectivity index is 3.38. The zero-order valence-corrected chi connectivity index (χ0v) is 8.96. The highest BCUT2D eigenvalue weighted by molar-refractivity contribution is 6.68. The summed E-state index contributed by atoms with van der Waals surface area (Å²) in [7, 11) is 1.59. The van der Waals surface area contributed by atoms with Gasteiger partial charge in [-0.25, -0.2) is 0 Å². The van der Waals surface area contributed by atoms with Crippen molar-refractivity contribution < 1.29 is 9.84 Å². The zero-order valence-electron chi connectivity index (χ0n) is 6.69. The number of hydrogen-bond acceptors (Lipinski definition) is 3. The van der Waals surface area contributed by atoms with Gasteiger partial charge in [0, 0.05) is 20.2 Å². The van der Waals surface area contributed by atoms with Crippen LogP contribution in [-0.2, 0) is 4.74 Å². The number of aliphatic hydroxyl groups excluding tert-OH is 1. The van der Waals surface area contributed by atoms with Crippen LogP contribution < -0.4 is 5.32 Å². The van der Waals surface area contributed by atoms with E-state index in [0.29, 0.717) is 13.2 Å². The molecule has 0 bridgehead atoms. The first-order valence-electron chi connectivity index (χ1n) is 3.43. The van der Waals surface area contributed by atoms with Crippen molar-refractivity contribution in [3.63, 3.8) is 0 Å². The van der Waals surface area contributed by atoms with Crippen molar-refractivity contribution >= 4 is 34.8 Å². The molecule has 0 aliphatic heterocycles. The van der Waals surface area contributed by atoms with Crippen LogP contribution in [0, 0.1) is 0 Å². The fourth-order valence-electron chi connectivity index (χ4n) is 0.529. The van der Waals surface area contributed by atoms with Crippen molar-refractivity contribution in [3.05, 3.63) is 0 Å². The van der Waals surface area contributed by atoms with Crippen LogP contribution in [0.3, 0.4) is 0 Å². The van der Waals surface area contributed by atoms with Crippen LogP contribution in [0.15, 0.2) is 0 Å². The number of rotatable bonds is 5. The zero-order chi connectivity index (χ0) is 9.61. The van der Waals surface area contributed by atoms with Gasteiger partial charge in [-0.15, -0.1) is 0 Å². The molecule has 0 fully saturated rings. The highest BCUT2D eigenvalue weighted by Gasteiger charge is 2.29. The standard InChI is InChI=1S/C6H12Cl3NO2/c1-12-3-2-10-4-5(11)6(7,8)9/h5,10-11H,2-4H2,1H3. The Morgan fingerprint density at radius 1 is 1.50 bits per heavy atom. The van der Waals surface area contributed by atoms with Crippen LogP contribution in [0.4, 0.5) is 0 Å². The van der Waals surface area contributed by atoms with Crippen molar-refractivity contribution in [3.8, 4) is 0 Å². The lowest BCUT2D eigenvalue weighted by molar-refractivity contribution is 0.162. The Bertz CT molecular complexity index is 118. The second-order valence-electron chi connectivity index (χ2n) is 2.25. The minimum absolute atomic E-state index is 0.236. The molecule has 0 aromatic heterocycles. The summed E-state index contributed by atoms with van der Waals surface area (Å²) in [5, 5.41) is 12.1. The normalized spacial score (nSPS) is 14.8. The third-order valence-corrected chi connectivity index (χ3v) is 1.95. The van der Waals surface area contributed by atoms with Gasteiger partial charge in [0.25, 0.3) is 0 Å². The first-order valence-corrected chi connectivity index (χ1v) is 4.56. The summed E-state index contributed by atoms with van der Waals surface area (Å²) < 4.78 is 3.14. The molecular weight excluding hydrogens is 224 g/mol. The van der Waals surface area contributed by atoms with E-state index in [-0.39, 0.29) is 6.54 Å². The van der Waals surface area contributed by atoms with Crippen molar-refractivity contribution in [2.75, 3.05) is 26.8 Å². The molecule has 6 heteroatoms. The molecule has 0 heterocycles. The van der Waals surface area contributed by atoms with Crippen LogP contribution >= 0.6 is 34.8 Å². The monoisotopic (exact) mass is 235 g/mol. The van der Waals surface area contributed by atoms with Gasteiger partial charge in [-0.05, 0) is 0 Å². The maximum Gasteiger partial charge on any atom is 0.217 e. The Labute approximate surface area is 86.9 Å². The summed E-state index contributed by atoms with van der Waals surface area (Å²) in [6.07, 6.45) is -1.00. The van der Waals surface area contributed by atoms with Crippen molar-refractivity contribution in [2.45, 2.75) is 9.90 Å². The summed E-state index contributed by atoms with van der Waals surface area (Å²) >= 11 is 16.2. The maximum absolute atomic E-state index is 9.19. The third-order valence-electron chi connectivity index (χ3n) is 1.20. The van der Waals surface area contributed by atoms with E-state index in [1.807, 2.05) is 0 Å². The van der Waals surface area contributed by atoms with E-state index in [1.165, 1.54) is 0 Å². The quantitative estimate of drug-likeness (QED) is 0.552. The average Bonchev–Trinajstić information content (AvgIpc) is 1.96. The lowest BCUT2D eigenvalue weighted by atomic mass is 10.4. The predicted octanol–water partition coefficient (Wildman–Crippen LogP) is 0.953. The number of nitrogens with one attached hydrogen (secondary N) is 1.